The van der Waals surface area contributed by atoms with Gasteiger partial charge < -0.3 is 24.6 Å². The number of hydrogen-bond donors (Lipinski definition) is 2. The van der Waals surface area contributed by atoms with E-state index in [0.717, 1.165) is 29.7 Å². The third-order valence-corrected chi connectivity index (χ3v) is 5.61. The van der Waals surface area contributed by atoms with Gasteiger partial charge >= 0.3 is 0 Å². The Labute approximate surface area is 206 Å². The number of methoxy groups -OCH3 is 1. The van der Waals surface area contributed by atoms with Gasteiger partial charge in [-0.05, 0) is 59.5 Å². The van der Waals surface area contributed by atoms with Gasteiger partial charge in [0.25, 0.3) is 0 Å². The average molecular weight is 470 g/mol. The van der Waals surface area contributed by atoms with Gasteiger partial charge in [0.1, 0.15) is 19.0 Å². The molecular weight excluding hydrogens is 438 g/mol. The van der Waals surface area contributed by atoms with Crippen LogP contribution in [0.4, 0.5) is 0 Å². The summed E-state index contributed by atoms with van der Waals surface area (Å²) in [7, 11) is 1.63. The molecule has 0 radical (unpaired) electrons. The van der Waals surface area contributed by atoms with Gasteiger partial charge in [-0.15, -0.1) is 0 Å². The van der Waals surface area contributed by atoms with Gasteiger partial charge in [-0.1, -0.05) is 72.8 Å². The largest absolute Gasteiger partial charge is 0.508 e. The predicted octanol–water partition coefficient (Wildman–Crippen LogP) is 5.89. The standard InChI is InChI=1S/C30H31NO4/c1-33-30-28(34-21-24-8-4-2-5-9-24)18-26(19-29(30)35-22-25-10-6-3-7-11-25)20-31-17-16-23-12-14-27(32)15-13-23/h2-15,18-19,31-32H,16-17,20-22H2,1H3. The van der Waals surface area contributed by atoms with Crippen LogP contribution < -0.4 is 19.5 Å². The maximum absolute atomic E-state index is 9.46. The minimum absolute atomic E-state index is 0.283. The second-order valence-electron chi connectivity index (χ2n) is 8.27. The summed E-state index contributed by atoms with van der Waals surface area (Å²) in [6.07, 6.45) is 0.866. The molecule has 0 spiro atoms. The molecule has 0 aliphatic rings. The summed E-state index contributed by atoms with van der Waals surface area (Å²) in [5.74, 6) is 2.17. The van der Waals surface area contributed by atoms with Crippen LogP contribution in [0.25, 0.3) is 0 Å². The van der Waals surface area contributed by atoms with Crippen LogP contribution in [0.2, 0.25) is 0 Å². The van der Waals surface area contributed by atoms with Crippen LogP contribution in [0.15, 0.2) is 97.1 Å². The predicted molar refractivity (Wildman–Crippen MR) is 138 cm³/mol. The normalized spacial score (nSPS) is 10.7. The zero-order valence-electron chi connectivity index (χ0n) is 19.9. The van der Waals surface area contributed by atoms with E-state index in [4.69, 9.17) is 14.2 Å². The van der Waals surface area contributed by atoms with Crippen LogP contribution in [-0.4, -0.2) is 18.8 Å². The van der Waals surface area contributed by atoms with E-state index < -0.39 is 0 Å². The van der Waals surface area contributed by atoms with Crippen molar-refractivity contribution < 1.29 is 19.3 Å². The highest BCUT2D eigenvalue weighted by Crippen LogP contribution is 2.39. The fourth-order valence-corrected chi connectivity index (χ4v) is 3.75. The van der Waals surface area contributed by atoms with Gasteiger partial charge in [0.2, 0.25) is 5.75 Å². The highest BCUT2D eigenvalue weighted by Gasteiger charge is 2.15. The van der Waals surface area contributed by atoms with Gasteiger partial charge in [0, 0.05) is 6.54 Å². The quantitative estimate of drug-likeness (QED) is 0.253. The van der Waals surface area contributed by atoms with Crippen molar-refractivity contribution in [2.24, 2.45) is 0 Å². The van der Waals surface area contributed by atoms with Gasteiger partial charge in [0.05, 0.1) is 7.11 Å². The maximum atomic E-state index is 9.46. The lowest BCUT2D eigenvalue weighted by atomic mass is 10.1. The Kier molecular flexibility index (Phi) is 8.63. The lowest BCUT2D eigenvalue weighted by Gasteiger charge is -2.18. The summed E-state index contributed by atoms with van der Waals surface area (Å²) in [4.78, 5) is 0. The molecule has 0 aliphatic heterocycles. The first-order valence-corrected chi connectivity index (χ1v) is 11.7. The minimum Gasteiger partial charge on any atom is -0.508 e. The summed E-state index contributed by atoms with van der Waals surface area (Å²) >= 11 is 0. The summed E-state index contributed by atoms with van der Waals surface area (Å²) in [6, 6.07) is 31.4. The number of rotatable bonds is 12. The number of hydrogen-bond acceptors (Lipinski definition) is 5. The van der Waals surface area contributed by atoms with Crippen molar-refractivity contribution in [3.05, 3.63) is 119 Å². The molecule has 0 aliphatic carbocycles. The monoisotopic (exact) mass is 469 g/mol. The highest BCUT2D eigenvalue weighted by atomic mass is 16.5. The van der Waals surface area contributed by atoms with Crippen molar-refractivity contribution in [2.45, 2.75) is 26.2 Å². The number of phenolic OH excluding ortho intramolecular Hbond substituents is 1. The van der Waals surface area contributed by atoms with Crippen LogP contribution in [0.3, 0.4) is 0 Å². The van der Waals surface area contributed by atoms with Crippen molar-refractivity contribution in [2.75, 3.05) is 13.7 Å². The van der Waals surface area contributed by atoms with Crippen LogP contribution in [-0.2, 0) is 26.2 Å². The molecule has 4 aromatic rings. The van der Waals surface area contributed by atoms with E-state index in [0.29, 0.717) is 37.0 Å². The molecule has 0 saturated heterocycles. The third-order valence-electron chi connectivity index (χ3n) is 5.61. The topological polar surface area (TPSA) is 60.0 Å². The van der Waals surface area contributed by atoms with E-state index in [1.165, 1.54) is 5.56 Å². The van der Waals surface area contributed by atoms with Crippen LogP contribution in [0, 0.1) is 0 Å². The van der Waals surface area contributed by atoms with Crippen molar-refractivity contribution in [1.29, 1.82) is 0 Å². The van der Waals surface area contributed by atoms with E-state index in [-0.39, 0.29) is 5.75 Å². The van der Waals surface area contributed by atoms with Gasteiger partial charge in [-0.25, -0.2) is 0 Å². The summed E-state index contributed by atoms with van der Waals surface area (Å²) in [6.45, 7) is 2.34. The Morgan fingerprint density at radius 1 is 0.657 bits per heavy atom. The molecule has 5 heteroatoms. The number of benzene rings is 4. The molecule has 0 unspecified atom stereocenters. The smallest absolute Gasteiger partial charge is 0.203 e. The van der Waals surface area contributed by atoms with E-state index in [2.05, 4.69) is 5.32 Å². The van der Waals surface area contributed by atoms with Crippen LogP contribution in [0.1, 0.15) is 22.3 Å². The van der Waals surface area contributed by atoms with Crippen molar-refractivity contribution in [3.63, 3.8) is 0 Å². The minimum atomic E-state index is 0.283. The fourth-order valence-electron chi connectivity index (χ4n) is 3.75. The maximum Gasteiger partial charge on any atom is 0.203 e. The van der Waals surface area contributed by atoms with Crippen molar-refractivity contribution >= 4 is 0 Å². The van der Waals surface area contributed by atoms with E-state index in [1.54, 1.807) is 19.2 Å². The molecule has 0 saturated carbocycles. The Hall–Kier alpha value is -3.96. The molecule has 0 heterocycles. The Balaban J connectivity index is 1.47. The fraction of sp³-hybridized carbons (Fsp3) is 0.200. The molecular formula is C30H31NO4. The van der Waals surface area contributed by atoms with Gasteiger partial charge in [-0.3, -0.25) is 0 Å². The number of nitrogens with one attached hydrogen (secondary N) is 1. The zero-order valence-corrected chi connectivity index (χ0v) is 19.9. The number of aromatic hydroxyl groups is 1. The Morgan fingerprint density at radius 2 is 1.20 bits per heavy atom. The molecule has 0 bridgehead atoms. The lowest BCUT2D eigenvalue weighted by Crippen LogP contribution is -2.17. The Morgan fingerprint density at radius 3 is 1.71 bits per heavy atom. The first kappa shape index (κ1) is 24.2. The van der Waals surface area contributed by atoms with Gasteiger partial charge in [-0.2, -0.15) is 0 Å². The first-order valence-electron chi connectivity index (χ1n) is 11.7. The first-order chi connectivity index (χ1) is 17.2. The molecule has 0 aromatic heterocycles. The average Bonchev–Trinajstić information content (AvgIpc) is 2.91. The molecule has 0 fully saturated rings. The second kappa shape index (κ2) is 12.5. The van der Waals surface area contributed by atoms with Crippen LogP contribution in [0.5, 0.6) is 23.0 Å². The molecule has 4 aromatic carbocycles. The molecule has 2 N–H and O–H groups in total. The zero-order chi connectivity index (χ0) is 24.3. The third kappa shape index (κ3) is 7.26. The SMILES string of the molecule is COc1c(OCc2ccccc2)cc(CNCCc2ccc(O)cc2)cc1OCc1ccccc1. The van der Waals surface area contributed by atoms with E-state index >= 15 is 0 Å². The molecule has 0 atom stereocenters. The Bertz CT molecular complexity index is 1110. The highest BCUT2D eigenvalue weighted by molar-refractivity contribution is 5.54. The van der Waals surface area contributed by atoms with Crippen molar-refractivity contribution in [1.82, 2.24) is 5.32 Å². The molecule has 0 amide bonds. The summed E-state index contributed by atoms with van der Waals surface area (Å²) in [5.41, 5.74) is 4.38. The lowest BCUT2D eigenvalue weighted by molar-refractivity contribution is 0.257. The van der Waals surface area contributed by atoms with Crippen LogP contribution >= 0.6 is 0 Å². The summed E-state index contributed by atoms with van der Waals surface area (Å²) in [5, 5.41) is 12.9. The van der Waals surface area contributed by atoms with E-state index in [9.17, 15) is 5.11 Å². The molecule has 180 valence electrons. The number of ether oxygens (including phenoxy) is 3. The molecule has 35 heavy (non-hydrogen) atoms. The molecule has 5 nitrogen and oxygen atoms in total. The number of phenols is 1. The van der Waals surface area contributed by atoms with E-state index in [1.807, 2.05) is 84.9 Å². The second-order valence-corrected chi connectivity index (χ2v) is 8.27. The van der Waals surface area contributed by atoms with Gasteiger partial charge in [0.15, 0.2) is 11.5 Å². The molecule has 4 rings (SSSR count). The summed E-state index contributed by atoms with van der Waals surface area (Å²) < 4.78 is 18.1. The van der Waals surface area contributed by atoms with Crippen molar-refractivity contribution in [3.8, 4) is 23.0 Å².